The fraction of sp³-hybridized carbons (Fsp3) is 0.576. The number of fused-ring (bicyclic) bond motifs is 2. The van der Waals surface area contributed by atoms with E-state index < -0.39 is 0 Å². The standard InChI is InChI=1S/C33H46N4O/c1-7-8-15-36(24(5)16-23(4)25-11-10-14-34-19-25)33(38)27-17-29-28-12-9-13-30-32(28)26(21-37(30)22(2)3)18-31(29)35(6)20-27/h9-14,19,21-24,27,29,31H,7-8,15-18,20H2,1-6H3/t23?,24?,27-,29?,31-/m1/s1. The van der Waals surface area contributed by atoms with Gasteiger partial charge in [-0.25, -0.2) is 0 Å². The second-order valence-electron chi connectivity index (χ2n) is 12.3. The Kier molecular flexibility index (Phi) is 7.95. The number of aromatic nitrogens is 2. The van der Waals surface area contributed by atoms with Crippen molar-refractivity contribution in [2.24, 2.45) is 5.92 Å². The van der Waals surface area contributed by atoms with E-state index in [1.165, 1.54) is 27.6 Å². The number of nitrogens with zero attached hydrogens (tertiary/aromatic N) is 4. The van der Waals surface area contributed by atoms with E-state index in [0.29, 0.717) is 29.8 Å². The van der Waals surface area contributed by atoms with Crippen molar-refractivity contribution in [3.05, 3.63) is 65.6 Å². The maximum atomic E-state index is 14.2. The highest BCUT2D eigenvalue weighted by molar-refractivity contribution is 5.89. The summed E-state index contributed by atoms with van der Waals surface area (Å²) in [6.45, 7) is 13.0. The summed E-state index contributed by atoms with van der Waals surface area (Å²) in [5.41, 5.74) is 5.53. The Morgan fingerprint density at radius 3 is 2.68 bits per heavy atom. The molecule has 1 aliphatic heterocycles. The summed E-state index contributed by atoms with van der Waals surface area (Å²) in [4.78, 5) is 23.3. The molecule has 1 fully saturated rings. The van der Waals surface area contributed by atoms with Gasteiger partial charge in [0.25, 0.3) is 0 Å². The summed E-state index contributed by atoms with van der Waals surface area (Å²) in [6.07, 6.45) is 11.3. The summed E-state index contributed by atoms with van der Waals surface area (Å²) >= 11 is 0. The van der Waals surface area contributed by atoms with Crippen LogP contribution in [0.3, 0.4) is 0 Å². The molecule has 204 valence electrons. The number of carbonyl (C=O) groups is 1. The van der Waals surface area contributed by atoms with Crippen LogP contribution in [-0.4, -0.2) is 57.5 Å². The number of rotatable bonds is 9. The van der Waals surface area contributed by atoms with Crippen LogP contribution in [0.2, 0.25) is 0 Å². The first kappa shape index (κ1) is 26.9. The van der Waals surface area contributed by atoms with Gasteiger partial charge in [-0.2, -0.15) is 0 Å². The predicted octanol–water partition coefficient (Wildman–Crippen LogP) is 6.79. The van der Waals surface area contributed by atoms with Gasteiger partial charge in [-0.3, -0.25) is 9.78 Å². The largest absolute Gasteiger partial charge is 0.345 e. The molecule has 0 bridgehead atoms. The van der Waals surface area contributed by atoms with Gasteiger partial charge in [-0.15, -0.1) is 0 Å². The van der Waals surface area contributed by atoms with E-state index in [2.05, 4.69) is 91.5 Å². The highest BCUT2D eigenvalue weighted by atomic mass is 16.2. The maximum Gasteiger partial charge on any atom is 0.227 e. The van der Waals surface area contributed by atoms with Crippen molar-refractivity contribution < 1.29 is 4.79 Å². The van der Waals surface area contributed by atoms with Crippen LogP contribution >= 0.6 is 0 Å². The molecule has 5 nitrogen and oxygen atoms in total. The number of piperidine rings is 1. The third-order valence-electron chi connectivity index (χ3n) is 9.30. The molecule has 2 aromatic heterocycles. The second-order valence-corrected chi connectivity index (χ2v) is 12.3. The molecule has 2 aliphatic rings. The number of hydrogen-bond acceptors (Lipinski definition) is 3. The topological polar surface area (TPSA) is 41.4 Å². The Labute approximate surface area is 229 Å². The van der Waals surface area contributed by atoms with Crippen LogP contribution in [0.5, 0.6) is 0 Å². The van der Waals surface area contributed by atoms with Crippen LogP contribution < -0.4 is 0 Å². The van der Waals surface area contributed by atoms with Gasteiger partial charge in [0.05, 0.1) is 5.92 Å². The molecule has 3 heterocycles. The minimum absolute atomic E-state index is 0.0400. The Balaban J connectivity index is 1.39. The van der Waals surface area contributed by atoms with Gasteiger partial charge < -0.3 is 14.4 Å². The van der Waals surface area contributed by atoms with Gasteiger partial charge >= 0.3 is 0 Å². The monoisotopic (exact) mass is 514 g/mol. The normalized spacial score (nSPS) is 22.9. The first-order valence-corrected chi connectivity index (χ1v) is 14.8. The fourth-order valence-electron chi connectivity index (χ4n) is 7.23. The Hall–Kier alpha value is -2.66. The minimum atomic E-state index is 0.0400. The lowest BCUT2D eigenvalue weighted by Crippen LogP contribution is -2.53. The van der Waals surface area contributed by atoms with E-state index in [9.17, 15) is 4.79 Å². The van der Waals surface area contributed by atoms with E-state index in [-0.39, 0.29) is 12.0 Å². The van der Waals surface area contributed by atoms with Crippen LogP contribution in [0.1, 0.15) is 94.9 Å². The van der Waals surface area contributed by atoms with Gasteiger partial charge in [-0.1, -0.05) is 38.5 Å². The molecule has 5 rings (SSSR count). The zero-order chi connectivity index (χ0) is 27.0. The molecule has 0 spiro atoms. The zero-order valence-electron chi connectivity index (χ0n) is 24.2. The second kappa shape index (κ2) is 11.2. The SMILES string of the molecule is CCCCN(C(=O)[C@@H]1CC2c3cccc4c3c(cn4C(C)C)C[C@H]2N(C)C1)C(C)CC(C)c1cccnc1. The quantitative estimate of drug-likeness (QED) is 0.316. The first-order chi connectivity index (χ1) is 18.3. The van der Waals surface area contributed by atoms with Crippen LogP contribution in [0.25, 0.3) is 10.9 Å². The molecule has 38 heavy (non-hydrogen) atoms. The van der Waals surface area contributed by atoms with Crippen molar-refractivity contribution in [1.29, 1.82) is 0 Å². The summed E-state index contributed by atoms with van der Waals surface area (Å²) in [6, 6.07) is 12.1. The van der Waals surface area contributed by atoms with Crippen molar-refractivity contribution in [3.8, 4) is 0 Å². The van der Waals surface area contributed by atoms with Crippen LogP contribution in [0, 0.1) is 5.92 Å². The van der Waals surface area contributed by atoms with Gasteiger partial charge in [0.1, 0.15) is 0 Å². The van der Waals surface area contributed by atoms with Crippen LogP contribution in [-0.2, 0) is 11.2 Å². The maximum absolute atomic E-state index is 14.2. The number of carbonyl (C=O) groups excluding carboxylic acids is 1. The molecule has 1 amide bonds. The molecular weight excluding hydrogens is 468 g/mol. The number of hydrogen-bond donors (Lipinski definition) is 0. The van der Waals surface area contributed by atoms with E-state index in [4.69, 9.17) is 0 Å². The van der Waals surface area contributed by atoms with Crippen LogP contribution in [0.4, 0.5) is 0 Å². The molecule has 1 aliphatic carbocycles. The first-order valence-electron chi connectivity index (χ1n) is 14.8. The van der Waals surface area contributed by atoms with Gasteiger partial charge in [-0.05, 0) is 88.2 Å². The lowest BCUT2D eigenvalue weighted by molar-refractivity contribution is -0.140. The molecule has 1 saturated heterocycles. The number of benzene rings is 1. The summed E-state index contributed by atoms with van der Waals surface area (Å²) in [5.74, 6) is 1.17. The predicted molar refractivity (Wildman–Crippen MR) is 157 cm³/mol. The number of pyridine rings is 1. The van der Waals surface area contributed by atoms with E-state index in [0.717, 1.165) is 45.2 Å². The number of amides is 1. The lowest BCUT2D eigenvalue weighted by Gasteiger charge is -2.46. The molecule has 0 saturated carbocycles. The average molecular weight is 515 g/mol. The Bertz CT molecular complexity index is 1250. The van der Waals surface area contributed by atoms with Gasteiger partial charge in [0.15, 0.2) is 0 Å². The molecule has 5 atom stereocenters. The summed E-state index contributed by atoms with van der Waals surface area (Å²) < 4.78 is 2.44. The highest BCUT2D eigenvalue weighted by Gasteiger charge is 2.43. The van der Waals surface area contributed by atoms with Crippen molar-refractivity contribution >= 4 is 16.8 Å². The molecular formula is C33H46N4O. The lowest BCUT2D eigenvalue weighted by atomic mass is 9.72. The number of likely N-dealkylation sites (N-methyl/N-ethyl adjacent to an activating group) is 1. The molecule has 0 N–H and O–H groups in total. The molecule has 3 unspecified atom stereocenters. The molecule has 0 radical (unpaired) electrons. The van der Waals surface area contributed by atoms with Gasteiger partial charge in [0.2, 0.25) is 5.91 Å². The van der Waals surface area contributed by atoms with Crippen molar-refractivity contribution in [2.45, 2.75) is 96.7 Å². The van der Waals surface area contributed by atoms with E-state index in [1.54, 1.807) is 0 Å². The summed E-state index contributed by atoms with van der Waals surface area (Å²) in [7, 11) is 2.24. The van der Waals surface area contributed by atoms with Crippen molar-refractivity contribution in [3.63, 3.8) is 0 Å². The Morgan fingerprint density at radius 2 is 1.97 bits per heavy atom. The highest BCUT2D eigenvalue weighted by Crippen LogP contribution is 2.46. The molecule has 1 aromatic carbocycles. The number of unbranched alkanes of at least 4 members (excludes halogenated alkanes) is 1. The smallest absolute Gasteiger partial charge is 0.227 e. The average Bonchev–Trinajstić information content (AvgIpc) is 3.30. The zero-order valence-corrected chi connectivity index (χ0v) is 24.2. The third-order valence-corrected chi connectivity index (χ3v) is 9.30. The number of likely N-dealkylation sites (tertiary alicyclic amines) is 1. The summed E-state index contributed by atoms with van der Waals surface area (Å²) in [5, 5.41) is 1.45. The fourth-order valence-corrected chi connectivity index (χ4v) is 7.23. The van der Waals surface area contributed by atoms with Crippen molar-refractivity contribution in [1.82, 2.24) is 19.4 Å². The third kappa shape index (κ3) is 5.02. The van der Waals surface area contributed by atoms with E-state index in [1.807, 2.05) is 18.5 Å². The molecule has 3 aromatic rings. The minimum Gasteiger partial charge on any atom is -0.345 e. The van der Waals surface area contributed by atoms with Crippen molar-refractivity contribution in [2.75, 3.05) is 20.1 Å². The van der Waals surface area contributed by atoms with Crippen LogP contribution in [0.15, 0.2) is 48.9 Å². The van der Waals surface area contributed by atoms with E-state index >= 15 is 0 Å². The molecule has 5 heteroatoms. The Morgan fingerprint density at radius 1 is 1.16 bits per heavy atom. The van der Waals surface area contributed by atoms with Gasteiger partial charge in [0, 0.05) is 66.6 Å².